The lowest BCUT2D eigenvalue weighted by Gasteiger charge is -2.26. The van der Waals surface area contributed by atoms with Gasteiger partial charge in [-0.25, -0.2) is 8.42 Å². The fraction of sp³-hybridized carbons (Fsp3) is 0.250. The van der Waals surface area contributed by atoms with Crippen molar-refractivity contribution in [2.24, 2.45) is 0 Å². The van der Waals surface area contributed by atoms with Crippen LogP contribution in [0.2, 0.25) is 0 Å². The summed E-state index contributed by atoms with van der Waals surface area (Å²) in [5, 5.41) is 10.8. The third kappa shape index (κ3) is 6.99. The zero-order valence-corrected chi connectivity index (χ0v) is 18.1. The van der Waals surface area contributed by atoms with E-state index in [2.05, 4.69) is 21.8 Å². The van der Waals surface area contributed by atoms with Gasteiger partial charge in [0.05, 0.1) is 12.4 Å². The van der Waals surface area contributed by atoms with E-state index < -0.39 is 16.1 Å². The van der Waals surface area contributed by atoms with Crippen molar-refractivity contribution in [3.8, 4) is 0 Å². The molecule has 1 unspecified atom stereocenters. The summed E-state index contributed by atoms with van der Waals surface area (Å²) in [4.78, 5) is 2.17. The minimum atomic E-state index is -3.33. The van der Waals surface area contributed by atoms with E-state index >= 15 is 0 Å². The van der Waals surface area contributed by atoms with Crippen LogP contribution in [-0.4, -0.2) is 31.2 Å². The van der Waals surface area contributed by atoms with Crippen LogP contribution < -0.4 is 4.72 Å². The molecule has 158 valence electrons. The number of rotatable bonds is 9. The smallest absolute Gasteiger partial charge is 0.229 e. The number of hydrogen-bond acceptors (Lipinski definition) is 4. The fourth-order valence-electron chi connectivity index (χ4n) is 3.46. The van der Waals surface area contributed by atoms with Crippen LogP contribution in [0.25, 0.3) is 0 Å². The van der Waals surface area contributed by atoms with Crippen LogP contribution >= 0.6 is 0 Å². The molecule has 3 rings (SSSR count). The summed E-state index contributed by atoms with van der Waals surface area (Å²) in [6.45, 7) is 3.73. The van der Waals surface area contributed by atoms with E-state index in [1.54, 1.807) is 6.07 Å². The van der Waals surface area contributed by atoms with E-state index in [0.717, 1.165) is 28.5 Å². The molecule has 0 aliphatic heterocycles. The lowest BCUT2D eigenvalue weighted by atomic mass is 10.1. The van der Waals surface area contributed by atoms with Gasteiger partial charge in [-0.1, -0.05) is 72.3 Å². The molecule has 5 nitrogen and oxygen atoms in total. The summed E-state index contributed by atoms with van der Waals surface area (Å²) in [5.41, 5.74) is 4.66. The molecular formula is C24H28N2O3S. The second-order valence-electron chi connectivity index (χ2n) is 7.66. The molecule has 2 N–H and O–H groups in total. The van der Waals surface area contributed by atoms with E-state index in [-0.39, 0.29) is 0 Å². The Bertz CT molecular complexity index is 1070. The van der Waals surface area contributed by atoms with Crippen LogP contribution in [0.3, 0.4) is 0 Å². The second-order valence-corrected chi connectivity index (χ2v) is 9.41. The number of aryl methyl sites for hydroxylation is 1. The van der Waals surface area contributed by atoms with Crippen LogP contribution in [-0.2, 0) is 23.1 Å². The van der Waals surface area contributed by atoms with Crippen LogP contribution in [0.4, 0.5) is 5.69 Å². The standard InChI is InChI=1S/C24H28N2O3S/c1-19-8-6-12-22(14-19)24(27)18-26(16-20-9-4-3-5-10-20)17-21-11-7-13-23(15-21)25-30(2,28)29/h3-15,24-25,27H,16-18H2,1-2H3. The Morgan fingerprint density at radius 2 is 1.57 bits per heavy atom. The summed E-state index contributed by atoms with van der Waals surface area (Å²) in [7, 11) is -3.33. The molecule has 30 heavy (non-hydrogen) atoms. The first kappa shape index (κ1) is 22.0. The Hall–Kier alpha value is -2.67. The predicted molar refractivity (Wildman–Crippen MR) is 122 cm³/mol. The van der Waals surface area contributed by atoms with Gasteiger partial charge in [0.15, 0.2) is 0 Å². The van der Waals surface area contributed by atoms with E-state index in [0.29, 0.717) is 25.3 Å². The third-order valence-electron chi connectivity index (χ3n) is 4.74. The Kier molecular flexibility index (Phi) is 7.26. The lowest BCUT2D eigenvalue weighted by Crippen LogP contribution is -2.28. The van der Waals surface area contributed by atoms with E-state index in [1.807, 2.05) is 67.6 Å². The molecule has 0 aliphatic rings. The molecule has 3 aromatic carbocycles. The average molecular weight is 425 g/mol. The van der Waals surface area contributed by atoms with Gasteiger partial charge in [0.1, 0.15) is 0 Å². The van der Waals surface area contributed by atoms with Gasteiger partial charge in [0.2, 0.25) is 10.0 Å². The van der Waals surface area contributed by atoms with Gasteiger partial charge in [-0.15, -0.1) is 0 Å². The second kappa shape index (κ2) is 9.89. The van der Waals surface area contributed by atoms with E-state index in [1.165, 1.54) is 0 Å². The SMILES string of the molecule is Cc1cccc(C(O)CN(Cc2ccccc2)Cc2cccc(NS(C)(=O)=O)c2)c1. The number of aliphatic hydroxyl groups excluding tert-OH is 1. The molecule has 3 aromatic rings. The molecule has 0 bridgehead atoms. The van der Waals surface area contributed by atoms with Crippen LogP contribution in [0.1, 0.15) is 28.4 Å². The quantitative estimate of drug-likeness (QED) is 0.543. The maximum Gasteiger partial charge on any atom is 0.229 e. The van der Waals surface area contributed by atoms with Crippen LogP contribution in [0.5, 0.6) is 0 Å². The maximum absolute atomic E-state index is 11.6. The predicted octanol–water partition coefficient (Wildman–Crippen LogP) is 4.10. The van der Waals surface area contributed by atoms with Gasteiger partial charge in [-0.2, -0.15) is 0 Å². The van der Waals surface area contributed by atoms with E-state index in [9.17, 15) is 13.5 Å². The molecule has 0 radical (unpaired) electrons. The lowest BCUT2D eigenvalue weighted by molar-refractivity contribution is 0.105. The van der Waals surface area contributed by atoms with Crippen molar-refractivity contribution in [1.82, 2.24) is 4.90 Å². The summed E-state index contributed by atoms with van der Waals surface area (Å²) in [6, 6.07) is 25.4. The van der Waals surface area contributed by atoms with Crippen molar-refractivity contribution >= 4 is 15.7 Å². The summed E-state index contributed by atoms with van der Waals surface area (Å²) in [5.74, 6) is 0. The number of benzene rings is 3. The molecule has 0 heterocycles. The van der Waals surface area contributed by atoms with Gasteiger partial charge in [-0.05, 0) is 35.7 Å². The first-order valence-electron chi connectivity index (χ1n) is 9.86. The minimum absolute atomic E-state index is 0.460. The highest BCUT2D eigenvalue weighted by atomic mass is 32.2. The number of nitrogens with zero attached hydrogens (tertiary/aromatic N) is 1. The molecule has 6 heteroatoms. The molecule has 0 saturated heterocycles. The first-order valence-corrected chi connectivity index (χ1v) is 11.8. The van der Waals surface area contributed by atoms with Gasteiger partial charge in [-0.3, -0.25) is 9.62 Å². The zero-order valence-electron chi connectivity index (χ0n) is 17.3. The highest BCUT2D eigenvalue weighted by molar-refractivity contribution is 7.92. The molecule has 1 atom stereocenters. The minimum Gasteiger partial charge on any atom is -0.387 e. The third-order valence-corrected chi connectivity index (χ3v) is 5.35. The molecular weight excluding hydrogens is 396 g/mol. The molecule has 0 aliphatic carbocycles. The molecule has 0 amide bonds. The molecule has 0 saturated carbocycles. The normalized spacial score (nSPS) is 12.7. The van der Waals surface area contributed by atoms with Crippen molar-refractivity contribution in [2.75, 3.05) is 17.5 Å². The Balaban J connectivity index is 1.80. The Morgan fingerprint density at radius 1 is 0.900 bits per heavy atom. The summed E-state index contributed by atoms with van der Waals surface area (Å²) < 4.78 is 25.6. The number of anilines is 1. The highest BCUT2D eigenvalue weighted by Crippen LogP contribution is 2.20. The first-order chi connectivity index (χ1) is 14.3. The zero-order chi connectivity index (χ0) is 21.6. The largest absolute Gasteiger partial charge is 0.387 e. The topological polar surface area (TPSA) is 69.6 Å². The number of hydrogen-bond donors (Lipinski definition) is 2. The van der Waals surface area contributed by atoms with Gasteiger partial charge >= 0.3 is 0 Å². The average Bonchev–Trinajstić information content (AvgIpc) is 2.67. The van der Waals surface area contributed by atoms with Gasteiger partial charge in [0.25, 0.3) is 0 Å². The number of sulfonamides is 1. The monoisotopic (exact) mass is 424 g/mol. The fourth-order valence-corrected chi connectivity index (χ4v) is 4.01. The molecule has 0 fully saturated rings. The number of nitrogens with one attached hydrogen (secondary N) is 1. The van der Waals surface area contributed by atoms with Crippen molar-refractivity contribution < 1.29 is 13.5 Å². The molecule has 0 spiro atoms. The number of aliphatic hydroxyl groups is 1. The maximum atomic E-state index is 11.6. The van der Waals surface area contributed by atoms with Crippen molar-refractivity contribution in [3.05, 3.63) is 101 Å². The van der Waals surface area contributed by atoms with Crippen molar-refractivity contribution in [2.45, 2.75) is 26.1 Å². The summed E-state index contributed by atoms with van der Waals surface area (Å²) in [6.07, 6.45) is 0.519. The highest BCUT2D eigenvalue weighted by Gasteiger charge is 2.15. The van der Waals surface area contributed by atoms with Crippen molar-refractivity contribution in [1.29, 1.82) is 0 Å². The van der Waals surface area contributed by atoms with Crippen LogP contribution in [0.15, 0.2) is 78.9 Å². The van der Waals surface area contributed by atoms with Gasteiger partial charge in [0, 0.05) is 25.3 Å². The van der Waals surface area contributed by atoms with Crippen molar-refractivity contribution in [3.63, 3.8) is 0 Å². The Morgan fingerprint density at radius 3 is 2.27 bits per heavy atom. The summed E-state index contributed by atoms with van der Waals surface area (Å²) >= 11 is 0. The molecule has 0 aromatic heterocycles. The van der Waals surface area contributed by atoms with Gasteiger partial charge < -0.3 is 5.11 Å². The Labute approximate surface area is 179 Å². The van der Waals surface area contributed by atoms with E-state index in [4.69, 9.17) is 0 Å². The van der Waals surface area contributed by atoms with Crippen LogP contribution in [0, 0.1) is 6.92 Å².